The molecule has 0 aliphatic rings. The lowest BCUT2D eigenvalue weighted by molar-refractivity contribution is 0.410. The lowest BCUT2D eigenvalue weighted by atomic mass is 10.3. The summed E-state index contributed by atoms with van der Waals surface area (Å²) in [6, 6.07) is 2.00. The molecular weight excluding hydrogens is 188 g/mol. The van der Waals surface area contributed by atoms with Gasteiger partial charge in [0.2, 0.25) is 0 Å². The third-order valence-electron chi connectivity index (χ3n) is 2.45. The van der Waals surface area contributed by atoms with Gasteiger partial charge in [0.25, 0.3) is 0 Å². The third-order valence-corrected chi connectivity index (χ3v) is 2.45. The van der Waals surface area contributed by atoms with E-state index in [0.29, 0.717) is 0 Å². The van der Waals surface area contributed by atoms with Crippen LogP contribution in [0.4, 0.5) is 0 Å². The van der Waals surface area contributed by atoms with Crippen LogP contribution in [0.25, 0.3) is 11.2 Å². The SMILES string of the molecule is Cc1ccnc2nc(CCN(C)C)[nH]c12. The Morgan fingerprint density at radius 1 is 1.40 bits per heavy atom. The molecule has 2 aromatic heterocycles. The van der Waals surface area contributed by atoms with E-state index in [0.717, 1.165) is 30.0 Å². The van der Waals surface area contributed by atoms with Crippen molar-refractivity contribution >= 4 is 11.2 Å². The standard InChI is InChI=1S/C11H16N4/c1-8-4-6-12-11-10(8)13-9(14-11)5-7-15(2)3/h4,6H,5,7H2,1-3H3,(H,12,13,14). The summed E-state index contributed by atoms with van der Waals surface area (Å²) in [4.78, 5) is 14.2. The Kier molecular flexibility index (Phi) is 2.68. The van der Waals surface area contributed by atoms with Crippen LogP contribution in [0.15, 0.2) is 12.3 Å². The van der Waals surface area contributed by atoms with E-state index >= 15 is 0 Å². The first-order chi connectivity index (χ1) is 7.16. The summed E-state index contributed by atoms with van der Waals surface area (Å²) in [6.07, 6.45) is 2.73. The van der Waals surface area contributed by atoms with Crippen LogP contribution in [-0.4, -0.2) is 40.5 Å². The fraction of sp³-hybridized carbons (Fsp3) is 0.455. The summed E-state index contributed by atoms with van der Waals surface area (Å²) in [6.45, 7) is 3.07. The molecule has 4 heteroatoms. The smallest absolute Gasteiger partial charge is 0.177 e. The van der Waals surface area contributed by atoms with E-state index in [9.17, 15) is 0 Å². The second-order valence-electron chi connectivity index (χ2n) is 4.06. The minimum absolute atomic E-state index is 0.823. The topological polar surface area (TPSA) is 44.8 Å². The van der Waals surface area contributed by atoms with Gasteiger partial charge in [-0.15, -0.1) is 0 Å². The van der Waals surface area contributed by atoms with Crippen LogP contribution in [0.5, 0.6) is 0 Å². The second kappa shape index (κ2) is 3.98. The third kappa shape index (κ3) is 2.15. The van der Waals surface area contributed by atoms with E-state index in [-0.39, 0.29) is 0 Å². The molecule has 0 fully saturated rings. The van der Waals surface area contributed by atoms with Gasteiger partial charge in [0.1, 0.15) is 5.82 Å². The molecule has 0 bridgehead atoms. The van der Waals surface area contributed by atoms with E-state index < -0.39 is 0 Å². The predicted molar refractivity (Wildman–Crippen MR) is 60.9 cm³/mol. The average molecular weight is 204 g/mol. The first-order valence-electron chi connectivity index (χ1n) is 5.12. The Morgan fingerprint density at radius 2 is 2.20 bits per heavy atom. The normalized spacial score (nSPS) is 11.5. The number of aromatic nitrogens is 3. The van der Waals surface area contributed by atoms with Gasteiger partial charge in [-0.3, -0.25) is 0 Å². The quantitative estimate of drug-likeness (QED) is 0.821. The molecule has 15 heavy (non-hydrogen) atoms. The summed E-state index contributed by atoms with van der Waals surface area (Å²) in [5, 5.41) is 0. The van der Waals surface area contributed by atoms with Gasteiger partial charge in [0.15, 0.2) is 5.65 Å². The predicted octanol–water partition coefficient (Wildman–Crippen LogP) is 1.37. The highest BCUT2D eigenvalue weighted by molar-refractivity contribution is 5.74. The summed E-state index contributed by atoms with van der Waals surface area (Å²) in [5.41, 5.74) is 3.08. The average Bonchev–Trinajstić information content (AvgIpc) is 2.59. The van der Waals surface area contributed by atoms with Gasteiger partial charge in [0.05, 0.1) is 5.52 Å². The lowest BCUT2D eigenvalue weighted by Crippen LogP contribution is -2.15. The largest absolute Gasteiger partial charge is 0.340 e. The number of aryl methyl sites for hydroxylation is 1. The van der Waals surface area contributed by atoms with Gasteiger partial charge in [-0.25, -0.2) is 9.97 Å². The highest BCUT2D eigenvalue weighted by atomic mass is 15.1. The zero-order valence-electron chi connectivity index (χ0n) is 9.41. The highest BCUT2D eigenvalue weighted by Crippen LogP contribution is 2.12. The second-order valence-corrected chi connectivity index (χ2v) is 4.06. The molecule has 0 aliphatic carbocycles. The molecule has 0 amide bonds. The number of aromatic amines is 1. The van der Waals surface area contributed by atoms with Crippen molar-refractivity contribution in [3.63, 3.8) is 0 Å². The Balaban J connectivity index is 2.27. The number of nitrogens with one attached hydrogen (secondary N) is 1. The number of hydrogen-bond acceptors (Lipinski definition) is 3. The van der Waals surface area contributed by atoms with Crippen LogP contribution in [0.3, 0.4) is 0 Å². The molecule has 0 saturated heterocycles. The molecule has 80 valence electrons. The van der Waals surface area contributed by atoms with Gasteiger partial charge in [-0.2, -0.15) is 0 Å². The van der Waals surface area contributed by atoms with E-state index in [4.69, 9.17) is 0 Å². The molecule has 0 radical (unpaired) electrons. The molecule has 0 unspecified atom stereocenters. The maximum Gasteiger partial charge on any atom is 0.177 e. The number of nitrogens with zero attached hydrogens (tertiary/aromatic N) is 3. The Labute approximate surface area is 89.3 Å². The number of H-pyrrole nitrogens is 1. The molecular formula is C11H16N4. The minimum atomic E-state index is 0.823. The first-order valence-corrected chi connectivity index (χ1v) is 5.12. The maximum absolute atomic E-state index is 4.45. The molecule has 2 heterocycles. The molecule has 1 N–H and O–H groups in total. The van der Waals surface area contributed by atoms with E-state index in [1.165, 1.54) is 5.56 Å². The van der Waals surface area contributed by atoms with Gasteiger partial charge in [0, 0.05) is 19.2 Å². The highest BCUT2D eigenvalue weighted by Gasteiger charge is 2.05. The number of likely N-dealkylation sites (N-methyl/N-ethyl adjacent to an activating group) is 1. The lowest BCUT2D eigenvalue weighted by Gasteiger charge is -2.06. The van der Waals surface area contributed by atoms with Crippen molar-refractivity contribution in [2.45, 2.75) is 13.3 Å². The summed E-state index contributed by atoms with van der Waals surface area (Å²) in [5.74, 6) is 1.01. The Morgan fingerprint density at radius 3 is 2.87 bits per heavy atom. The summed E-state index contributed by atoms with van der Waals surface area (Å²) >= 11 is 0. The van der Waals surface area contributed by atoms with Gasteiger partial charge < -0.3 is 9.88 Å². The number of rotatable bonds is 3. The molecule has 4 nitrogen and oxygen atoms in total. The van der Waals surface area contributed by atoms with E-state index in [2.05, 4.69) is 40.9 Å². The molecule has 0 aromatic carbocycles. The van der Waals surface area contributed by atoms with Crippen molar-refractivity contribution in [2.24, 2.45) is 0 Å². The van der Waals surface area contributed by atoms with Crippen molar-refractivity contribution < 1.29 is 0 Å². The minimum Gasteiger partial charge on any atom is -0.340 e. The molecule has 2 rings (SSSR count). The summed E-state index contributed by atoms with van der Waals surface area (Å²) in [7, 11) is 4.12. The molecule has 0 spiro atoms. The number of hydrogen-bond donors (Lipinski definition) is 1. The summed E-state index contributed by atoms with van der Waals surface area (Å²) < 4.78 is 0. The molecule has 0 saturated carbocycles. The fourth-order valence-electron chi connectivity index (χ4n) is 1.53. The van der Waals surface area contributed by atoms with E-state index in [1.54, 1.807) is 6.20 Å². The zero-order valence-corrected chi connectivity index (χ0v) is 9.41. The van der Waals surface area contributed by atoms with Crippen molar-refractivity contribution in [1.82, 2.24) is 19.9 Å². The van der Waals surface area contributed by atoms with Gasteiger partial charge in [-0.1, -0.05) is 0 Å². The van der Waals surface area contributed by atoms with Crippen LogP contribution in [0, 0.1) is 6.92 Å². The van der Waals surface area contributed by atoms with Crippen LogP contribution in [0.2, 0.25) is 0 Å². The monoisotopic (exact) mass is 204 g/mol. The maximum atomic E-state index is 4.45. The Bertz CT molecular complexity index is 459. The fourth-order valence-corrected chi connectivity index (χ4v) is 1.53. The number of fused-ring (bicyclic) bond motifs is 1. The van der Waals surface area contributed by atoms with Crippen molar-refractivity contribution in [2.75, 3.05) is 20.6 Å². The number of imidazole rings is 1. The van der Waals surface area contributed by atoms with Crippen LogP contribution >= 0.6 is 0 Å². The van der Waals surface area contributed by atoms with Crippen LogP contribution < -0.4 is 0 Å². The van der Waals surface area contributed by atoms with Crippen molar-refractivity contribution in [3.05, 3.63) is 23.7 Å². The molecule has 0 atom stereocenters. The Hall–Kier alpha value is -1.42. The molecule has 2 aromatic rings. The first kappa shape index (κ1) is 10.1. The zero-order chi connectivity index (χ0) is 10.8. The van der Waals surface area contributed by atoms with Crippen LogP contribution in [-0.2, 0) is 6.42 Å². The van der Waals surface area contributed by atoms with Crippen molar-refractivity contribution in [3.8, 4) is 0 Å². The molecule has 0 aliphatic heterocycles. The number of pyridine rings is 1. The van der Waals surface area contributed by atoms with Gasteiger partial charge in [-0.05, 0) is 32.6 Å². The van der Waals surface area contributed by atoms with Crippen LogP contribution in [0.1, 0.15) is 11.4 Å². The van der Waals surface area contributed by atoms with Crippen molar-refractivity contribution in [1.29, 1.82) is 0 Å². The van der Waals surface area contributed by atoms with E-state index in [1.807, 2.05) is 6.07 Å². The van der Waals surface area contributed by atoms with Gasteiger partial charge >= 0.3 is 0 Å².